The van der Waals surface area contributed by atoms with Gasteiger partial charge >= 0.3 is 0 Å². The number of hydrogen-bond donors (Lipinski definition) is 1. The van der Waals surface area contributed by atoms with Crippen molar-refractivity contribution in [3.8, 4) is 5.75 Å². The summed E-state index contributed by atoms with van der Waals surface area (Å²) in [4.78, 5) is 11.7. The Balaban J connectivity index is 1.66. The molecule has 2 rings (SSSR count). The van der Waals surface area contributed by atoms with E-state index in [0.717, 1.165) is 15.8 Å². The monoisotopic (exact) mass is 333 g/mol. The molecular weight excluding hydrogens is 318 g/mol. The molecule has 1 N–H and O–H groups in total. The summed E-state index contributed by atoms with van der Waals surface area (Å²) in [5.41, 5.74) is 1.01. The Kier molecular flexibility index (Phi) is 5.62. The molecule has 0 spiro atoms. The number of carbonyl (C=O) groups excluding carboxylic acids is 1. The molecule has 20 heavy (non-hydrogen) atoms. The SMILES string of the molecule is O=C(Cc1ccccc1)NCCOc1ccc(Br)cc1. The van der Waals surface area contributed by atoms with Crippen molar-refractivity contribution in [1.29, 1.82) is 0 Å². The minimum Gasteiger partial charge on any atom is -0.492 e. The van der Waals surface area contributed by atoms with E-state index in [1.54, 1.807) is 0 Å². The van der Waals surface area contributed by atoms with Gasteiger partial charge in [0.1, 0.15) is 12.4 Å². The molecule has 0 aliphatic rings. The van der Waals surface area contributed by atoms with Gasteiger partial charge in [0.2, 0.25) is 5.91 Å². The fourth-order valence-corrected chi connectivity index (χ4v) is 2.00. The van der Waals surface area contributed by atoms with E-state index in [4.69, 9.17) is 4.74 Å². The van der Waals surface area contributed by atoms with Gasteiger partial charge in [0.15, 0.2) is 0 Å². The van der Waals surface area contributed by atoms with Gasteiger partial charge in [0.25, 0.3) is 0 Å². The van der Waals surface area contributed by atoms with Crippen molar-refractivity contribution in [3.63, 3.8) is 0 Å². The minimum atomic E-state index is 0.00982. The summed E-state index contributed by atoms with van der Waals surface area (Å²) >= 11 is 3.37. The quantitative estimate of drug-likeness (QED) is 0.824. The first-order valence-electron chi connectivity index (χ1n) is 6.43. The van der Waals surface area contributed by atoms with Gasteiger partial charge in [0, 0.05) is 4.47 Å². The fraction of sp³-hybridized carbons (Fsp3) is 0.188. The van der Waals surface area contributed by atoms with E-state index in [2.05, 4.69) is 21.2 Å². The Labute approximate surface area is 127 Å². The van der Waals surface area contributed by atoms with E-state index in [1.165, 1.54) is 0 Å². The highest BCUT2D eigenvalue weighted by molar-refractivity contribution is 9.10. The van der Waals surface area contributed by atoms with Crippen molar-refractivity contribution in [2.45, 2.75) is 6.42 Å². The lowest BCUT2D eigenvalue weighted by molar-refractivity contribution is -0.120. The molecule has 0 bridgehead atoms. The molecule has 104 valence electrons. The first kappa shape index (κ1) is 14.6. The van der Waals surface area contributed by atoms with Crippen LogP contribution < -0.4 is 10.1 Å². The highest BCUT2D eigenvalue weighted by Gasteiger charge is 2.02. The molecule has 4 heteroatoms. The largest absolute Gasteiger partial charge is 0.492 e. The third-order valence-corrected chi connectivity index (χ3v) is 3.24. The number of hydrogen-bond acceptors (Lipinski definition) is 2. The molecule has 0 saturated carbocycles. The number of halogens is 1. The van der Waals surface area contributed by atoms with Gasteiger partial charge in [-0.15, -0.1) is 0 Å². The second-order valence-electron chi connectivity index (χ2n) is 4.31. The van der Waals surface area contributed by atoms with Gasteiger partial charge in [0.05, 0.1) is 13.0 Å². The van der Waals surface area contributed by atoms with Crippen LogP contribution in [0.4, 0.5) is 0 Å². The highest BCUT2D eigenvalue weighted by atomic mass is 79.9. The topological polar surface area (TPSA) is 38.3 Å². The maximum absolute atomic E-state index is 11.7. The molecule has 3 nitrogen and oxygen atoms in total. The van der Waals surface area contributed by atoms with Crippen LogP contribution >= 0.6 is 15.9 Å². The number of carbonyl (C=O) groups is 1. The number of amides is 1. The van der Waals surface area contributed by atoms with Crippen LogP contribution in [0, 0.1) is 0 Å². The fourth-order valence-electron chi connectivity index (χ4n) is 1.73. The van der Waals surface area contributed by atoms with Crippen LogP contribution in [0.1, 0.15) is 5.56 Å². The summed E-state index contributed by atoms with van der Waals surface area (Å²) in [7, 11) is 0. The summed E-state index contributed by atoms with van der Waals surface area (Å²) in [5.74, 6) is 0.807. The molecule has 1 amide bonds. The lowest BCUT2D eigenvalue weighted by Crippen LogP contribution is -2.29. The van der Waals surface area contributed by atoms with Crippen molar-refractivity contribution in [2.24, 2.45) is 0 Å². The third kappa shape index (κ3) is 5.05. The maximum atomic E-state index is 11.7. The molecule has 0 unspecified atom stereocenters. The van der Waals surface area contributed by atoms with Crippen LogP contribution in [0.3, 0.4) is 0 Å². The molecule has 0 aromatic heterocycles. The van der Waals surface area contributed by atoms with E-state index in [-0.39, 0.29) is 5.91 Å². The number of ether oxygens (including phenoxy) is 1. The highest BCUT2D eigenvalue weighted by Crippen LogP contribution is 2.15. The van der Waals surface area contributed by atoms with Crippen molar-refractivity contribution in [1.82, 2.24) is 5.32 Å². The lowest BCUT2D eigenvalue weighted by atomic mass is 10.1. The summed E-state index contributed by atoms with van der Waals surface area (Å²) in [6.45, 7) is 0.962. The van der Waals surface area contributed by atoms with Crippen LogP contribution in [-0.2, 0) is 11.2 Å². The summed E-state index contributed by atoms with van der Waals surface area (Å²) in [6, 6.07) is 17.3. The van der Waals surface area contributed by atoms with E-state index in [9.17, 15) is 4.79 Å². The van der Waals surface area contributed by atoms with Crippen molar-refractivity contribution in [2.75, 3.05) is 13.2 Å². The van der Waals surface area contributed by atoms with E-state index in [1.807, 2.05) is 54.6 Å². The Morgan fingerprint density at radius 3 is 2.45 bits per heavy atom. The molecule has 0 atom stereocenters. The Morgan fingerprint density at radius 1 is 1.05 bits per heavy atom. The lowest BCUT2D eigenvalue weighted by Gasteiger charge is -2.08. The second-order valence-corrected chi connectivity index (χ2v) is 5.23. The van der Waals surface area contributed by atoms with E-state index in [0.29, 0.717) is 19.6 Å². The molecule has 0 aliphatic carbocycles. The minimum absolute atomic E-state index is 0.00982. The first-order valence-corrected chi connectivity index (χ1v) is 7.22. The predicted octanol–water partition coefficient (Wildman–Crippen LogP) is 3.19. The number of benzene rings is 2. The van der Waals surface area contributed by atoms with E-state index < -0.39 is 0 Å². The van der Waals surface area contributed by atoms with Crippen molar-refractivity contribution < 1.29 is 9.53 Å². The Morgan fingerprint density at radius 2 is 1.75 bits per heavy atom. The number of rotatable bonds is 6. The maximum Gasteiger partial charge on any atom is 0.224 e. The number of nitrogens with one attached hydrogen (secondary N) is 1. The average Bonchev–Trinajstić information content (AvgIpc) is 2.46. The predicted molar refractivity (Wildman–Crippen MR) is 82.8 cm³/mol. The van der Waals surface area contributed by atoms with Gasteiger partial charge in [-0.05, 0) is 29.8 Å². The average molecular weight is 334 g/mol. The molecular formula is C16H16BrNO2. The normalized spacial score (nSPS) is 10.1. The molecule has 2 aromatic rings. The van der Waals surface area contributed by atoms with Crippen LogP contribution in [0.5, 0.6) is 5.75 Å². The first-order chi connectivity index (χ1) is 9.74. The van der Waals surface area contributed by atoms with Gasteiger partial charge < -0.3 is 10.1 Å². The Bertz CT molecular complexity index is 540. The van der Waals surface area contributed by atoms with Crippen LogP contribution in [0.25, 0.3) is 0 Å². The van der Waals surface area contributed by atoms with Crippen LogP contribution in [0.15, 0.2) is 59.1 Å². The molecule has 0 aliphatic heterocycles. The standard InChI is InChI=1S/C16H16BrNO2/c17-14-6-8-15(9-7-14)20-11-10-18-16(19)12-13-4-2-1-3-5-13/h1-9H,10-12H2,(H,18,19). The van der Waals surface area contributed by atoms with Gasteiger partial charge in [-0.25, -0.2) is 0 Å². The van der Waals surface area contributed by atoms with Crippen molar-refractivity contribution >= 4 is 21.8 Å². The van der Waals surface area contributed by atoms with Crippen LogP contribution in [0.2, 0.25) is 0 Å². The Hall–Kier alpha value is -1.81. The molecule has 0 radical (unpaired) electrons. The molecule has 0 fully saturated rings. The van der Waals surface area contributed by atoms with Crippen molar-refractivity contribution in [3.05, 3.63) is 64.6 Å². The zero-order chi connectivity index (χ0) is 14.2. The third-order valence-electron chi connectivity index (χ3n) is 2.71. The molecule has 0 saturated heterocycles. The molecule has 2 aromatic carbocycles. The smallest absolute Gasteiger partial charge is 0.224 e. The summed E-state index contributed by atoms with van der Waals surface area (Å²) in [6.07, 6.45) is 0.402. The summed E-state index contributed by atoms with van der Waals surface area (Å²) < 4.78 is 6.54. The molecule has 0 heterocycles. The van der Waals surface area contributed by atoms with Gasteiger partial charge in [-0.1, -0.05) is 46.3 Å². The van der Waals surface area contributed by atoms with E-state index >= 15 is 0 Å². The van der Waals surface area contributed by atoms with Crippen LogP contribution in [-0.4, -0.2) is 19.1 Å². The zero-order valence-corrected chi connectivity index (χ0v) is 12.6. The zero-order valence-electron chi connectivity index (χ0n) is 11.0. The van der Waals surface area contributed by atoms with Gasteiger partial charge in [-0.3, -0.25) is 4.79 Å². The van der Waals surface area contributed by atoms with Gasteiger partial charge in [-0.2, -0.15) is 0 Å². The second kappa shape index (κ2) is 7.70. The summed E-state index contributed by atoms with van der Waals surface area (Å²) in [5, 5.41) is 2.84.